The van der Waals surface area contributed by atoms with Gasteiger partial charge in [0.25, 0.3) is 0 Å². The first-order valence-corrected chi connectivity index (χ1v) is 23.0. The summed E-state index contributed by atoms with van der Waals surface area (Å²) in [6.45, 7) is 0. The Morgan fingerprint density at radius 3 is 1.39 bits per heavy atom. The summed E-state index contributed by atoms with van der Waals surface area (Å²) in [5.41, 5.74) is 14.7. The van der Waals surface area contributed by atoms with Crippen LogP contribution in [0.5, 0.6) is 5.75 Å². The van der Waals surface area contributed by atoms with Crippen LogP contribution in [0.1, 0.15) is 17.0 Å². The second kappa shape index (κ2) is 14.5. The maximum absolute atomic E-state index is 6.91. The van der Waals surface area contributed by atoms with Gasteiger partial charge in [-0.1, -0.05) is 200 Å². The molecule has 66 heavy (non-hydrogen) atoms. The van der Waals surface area contributed by atoms with Crippen LogP contribution in [0.3, 0.4) is 0 Å². The van der Waals surface area contributed by atoms with Crippen molar-refractivity contribution in [1.29, 1.82) is 0 Å². The van der Waals surface area contributed by atoms with E-state index < -0.39 is 0 Å². The van der Waals surface area contributed by atoms with E-state index in [2.05, 4.69) is 241 Å². The summed E-state index contributed by atoms with van der Waals surface area (Å²) in [5, 5.41) is 12.5. The summed E-state index contributed by atoms with van der Waals surface area (Å²) in [5.74, 6) is 1.05. The van der Waals surface area contributed by atoms with Crippen molar-refractivity contribution in [3.8, 4) is 44.8 Å². The van der Waals surface area contributed by atoms with E-state index in [0.717, 1.165) is 17.0 Å². The van der Waals surface area contributed by atoms with E-state index >= 15 is 0 Å². The number of nitrogens with zero attached hydrogens (tertiary/aromatic N) is 1. The summed E-state index contributed by atoms with van der Waals surface area (Å²) in [4.78, 5) is 0. The van der Waals surface area contributed by atoms with Gasteiger partial charge < -0.3 is 9.30 Å². The Morgan fingerprint density at radius 2 is 0.803 bits per heavy atom. The quantitative estimate of drug-likeness (QED) is 0.158. The maximum Gasteiger partial charge on any atom is 0.128 e. The molecule has 1 aliphatic carbocycles. The maximum atomic E-state index is 6.91. The average molecular weight is 840 g/mol. The van der Waals surface area contributed by atoms with E-state index in [1.54, 1.807) is 0 Å². The highest BCUT2D eigenvalue weighted by atomic mass is 16.5. The molecule has 308 valence electrons. The lowest BCUT2D eigenvalue weighted by atomic mass is 9.81. The van der Waals surface area contributed by atoms with Gasteiger partial charge in [-0.2, -0.15) is 0 Å². The Bertz CT molecular complexity index is 3910. The predicted octanol–water partition coefficient (Wildman–Crippen LogP) is 16.9. The van der Waals surface area contributed by atoms with Crippen LogP contribution in [0, 0.1) is 0 Å². The minimum absolute atomic E-state index is 0.0719. The molecule has 2 aliphatic rings. The number of ether oxygens (including phenoxy) is 1. The fraction of sp³-hybridized carbons (Fsp3) is 0.0312. The Hall–Kier alpha value is -8.46. The third-order valence-corrected chi connectivity index (χ3v) is 14.3. The molecule has 11 aromatic carbocycles. The number of hydrogen-bond acceptors (Lipinski definition) is 1. The van der Waals surface area contributed by atoms with Gasteiger partial charge >= 0.3 is 0 Å². The lowest BCUT2D eigenvalue weighted by Crippen LogP contribution is -2.17. The summed E-state index contributed by atoms with van der Waals surface area (Å²) in [7, 11) is 0. The number of fused-ring (bicyclic) bond motifs is 10. The van der Waals surface area contributed by atoms with Gasteiger partial charge in [-0.15, -0.1) is 0 Å². The van der Waals surface area contributed by atoms with E-state index in [4.69, 9.17) is 4.74 Å². The van der Waals surface area contributed by atoms with Gasteiger partial charge in [-0.3, -0.25) is 0 Å². The molecule has 0 radical (unpaired) electrons. The SMILES string of the molecule is C1=CC2Oc3cc(-c4c5ccccc5c(-c5ccc6c7ccccc7n(-c7ccccc7)c6c5)c5ccccc45)ccc3C2C=C1c1c2ccccc2c(-c2ccccc2)c2ccccc12. The van der Waals surface area contributed by atoms with E-state index in [1.807, 2.05) is 0 Å². The third-order valence-electron chi connectivity index (χ3n) is 14.3. The van der Waals surface area contributed by atoms with Crippen molar-refractivity contribution < 1.29 is 4.74 Å². The van der Waals surface area contributed by atoms with E-state index in [-0.39, 0.29) is 12.0 Å². The largest absolute Gasteiger partial charge is 0.485 e. The van der Waals surface area contributed by atoms with Crippen molar-refractivity contribution >= 4 is 70.5 Å². The lowest BCUT2D eigenvalue weighted by Gasteiger charge is -2.22. The average Bonchev–Trinajstić information content (AvgIpc) is 3.92. The number of aromatic nitrogens is 1. The second-order valence-electron chi connectivity index (χ2n) is 17.8. The topological polar surface area (TPSA) is 14.2 Å². The molecule has 0 amide bonds. The minimum Gasteiger partial charge on any atom is -0.485 e. The summed E-state index contributed by atoms with van der Waals surface area (Å²) >= 11 is 0. The molecule has 0 saturated carbocycles. The van der Waals surface area contributed by atoms with Gasteiger partial charge in [-0.25, -0.2) is 0 Å². The van der Waals surface area contributed by atoms with Crippen molar-refractivity contribution in [3.63, 3.8) is 0 Å². The number of para-hydroxylation sites is 2. The Kier molecular flexibility index (Phi) is 8.14. The van der Waals surface area contributed by atoms with E-state index in [1.165, 1.54) is 109 Å². The van der Waals surface area contributed by atoms with Gasteiger partial charge in [0.1, 0.15) is 11.9 Å². The van der Waals surface area contributed by atoms with E-state index in [9.17, 15) is 0 Å². The van der Waals surface area contributed by atoms with Crippen LogP contribution in [0.25, 0.3) is 110 Å². The lowest BCUT2D eigenvalue weighted by molar-refractivity contribution is 0.269. The summed E-state index contributed by atoms with van der Waals surface area (Å²) in [6.07, 6.45) is 6.96. The molecule has 0 N–H and O–H groups in total. The molecule has 0 spiro atoms. The number of allylic oxidation sites excluding steroid dienone is 2. The van der Waals surface area contributed by atoms with Crippen molar-refractivity contribution in [2.75, 3.05) is 0 Å². The van der Waals surface area contributed by atoms with Gasteiger partial charge in [0.15, 0.2) is 0 Å². The molecule has 2 nitrogen and oxygen atoms in total. The number of hydrogen-bond donors (Lipinski definition) is 0. The van der Waals surface area contributed by atoms with Gasteiger partial charge in [-0.05, 0) is 124 Å². The van der Waals surface area contributed by atoms with Crippen LogP contribution in [0.4, 0.5) is 0 Å². The molecule has 12 aromatic rings. The Balaban J connectivity index is 0.911. The number of benzene rings is 11. The summed E-state index contributed by atoms with van der Waals surface area (Å²) in [6, 6.07) is 80.0. The molecule has 1 aromatic heterocycles. The molecule has 2 heteroatoms. The molecular weight excluding hydrogens is 799 g/mol. The van der Waals surface area contributed by atoms with Crippen molar-refractivity contribution in [1.82, 2.24) is 4.57 Å². The normalized spacial score (nSPS) is 15.4. The minimum atomic E-state index is -0.0719. The zero-order chi connectivity index (χ0) is 43.3. The molecule has 0 fully saturated rings. The van der Waals surface area contributed by atoms with Crippen molar-refractivity contribution in [3.05, 3.63) is 248 Å². The van der Waals surface area contributed by atoms with Crippen molar-refractivity contribution in [2.45, 2.75) is 12.0 Å². The van der Waals surface area contributed by atoms with Crippen LogP contribution in [-0.2, 0) is 0 Å². The van der Waals surface area contributed by atoms with Crippen LogP contribution in [0.15, 0.2) is 237 Å². The first kappa shape index (κ1) is 37.0. The van der Waals surface area contributed by atoms with Gasteiger partial charge in [0, 0.05) is 27.9 Å². The first-order chi connectivity index (χ1) is 32.8. The number of rotatable bonds is 5. The van der Waals surface area contributed by atoms with Gasteiger partial charge in [0.05, 0.1) is 11.0 Å². The predicted molar refractivity (Wildman–Crippen MR) is 278 cm³/mol. The Morgan fingerprint density at radius 1 is 0.348 bits per heavy atom. The first-order valence-electron chi connectivity index (χ1n) is 23.0. The summed E-state index contributed by atoms with van der Waals surface area (Å²) < 4.78 is 9.32. The van der Waals surface area contributed by atoms with Crippen LogP contribution < -0.4 is 4.74 Å². The Labute approximate surface area is 382 Å². The van der Waals surface area contributed by atoms with E-state index in [0.29, 0.717) is 0 Å². The van der Waals surface area contributed by atoms with Crippen LogP contribution in [-0.4, -0.2) is 10.7 Å². The molecule has 2 atom stereocenters. The molecule has 0 saturated heterocycles. The third kappa shape index (κ3) is 5.49. The van der Waals surface area contributed by atoms with Gasteiger partial charge in [0.2, 0.25) is 0 Å². The highest BCUT2D eigenvalue weighted by Gasteiger charge is 2.35. The zero-order valence-electron chi connectivity index (χ0n) is 36.0. The van der Waals surface area contributed by atoms with Crippen molar-refractivity contribution in [2.24, 2.45) is 0 Å². The fourth-order valence-corrected chi connectivity index (χ4v) is 11.5. The highest BCUT2D eigenvalue weighted by molar-refractivity contribution is 6.23. The zero-order valence-corrected chi connectivity index (χ0v) is 36.0. The smallest absolute Gasteiger partial charge is 0.128 e. The standard InChI is InChI=1S/C64H41NO/c1-3-17-40(18-4-1)61-48-22-7-9-24-50(48)62(51-25-10-8-23-49(51)61)41-33-36-59-56(37-41)47-35-32-43(39-60(47)66-59)64-54-28-13-11-26-52(54)63(53-27-12-14-29-55(53)64)42-31-34-46-45-21-15-16-30-57(45)65(58(46)38-42)44-19-5-2-6-20-44/h1-39,56,59H. The van der Waals surface area contributed by atoms with Crippen LogP contribution in [0.2, 0.25) is 0 Å². The molecule has 0 bridgehead atoms. The molecule has 14 rings (SSSR count). The fourth-order valence-electron chi connectivity index (χ4n) is 11.5. The second-order valence-corrected chi connectivity index (χ2v) is 17.8. The molecular formula is C64H41NO. The molecule has 2 unspecified atom stereocenters. The molecule has 2 heterocycles. The monoisotopic (exact) mass is 839 g/mol. The highest BCUT2D eigenvalue weighted by Crippen LogP contribution is 2.50. The van der Waals surface area contributed by atoms with Crippen LogP contribution >= 0.6 is 0 Å². The molecule has 1 aliphatic heterocycles.